The number of halogens is 6. The highest BCUT2D eigenvalue weighted by Crippen LogP contribution is 2.48. The first kappa shape index (κ1) is 52.5. The highest BCUT2D eigenvalue weighted by atomic mass is 35.5. The van der Waals surface area contributed by atoms with E-state index < -0.39 is 34.8 Å². The minimum atomic E-state index is -1.63. The third-order valence-electron chi connectivity index (χ3n) is 13.9. The van der Waals surface area contributed by atoms with Crippen LogP contribution in [0, 0.1) is 46.1 Å². The van der Waals surface area contributed by atoms with Crippen molar-refractivity contribution < 1.29 is 26.4 Å². The van der Waals surface area contributed by atoms with E-state index in [2.05, 4.69) is 42.3 Å². The van der Waals surface area contributed by atoms with Gasteiger partial charge in [0.05, 0.1) is 35.3 Å². The van der Waals surface area contributed by atoms with Crippen LogP contribution in [0.15, 0.2) is 149 Å². The van der Waals surface area contributed by atoms with E-state index in [1.807, 2.05) is 84.9 Å². The maximum atomic E-state index is 15.7. The molecule has 75 heavy (non-hydrogen) atoms. The molecular formula is C58H51Cl2F4N9O2. The predicted octanol–water partition coefficient (Wildman–Crippen LogP) is 13.5. The molecule has 2 aromatic heterocycles. The second-order valence-electron chi connectivity index (χ2n) is 20.1. The second-order valence-corrected chi connectivity index (χ2v) is 21.0. The minimum absolute atomic E-state index is 0.0636. The number of hydrogen-bond acceptors (Lipinski definition) is 11. The number of hydrogen-bond donors (Lipinski definition) is 1. The molecule has 0 radical (unpaired) electrons. The predicted molar refractivity (Wildman–Crippen MR) is 279 cm³/mol. The lowest BCUT2D eigenvalue weighted by atomic mass is 9.72. The summed E-state index contributed by atoms with van der Waals surface area (Å²) < 4.78 is 71.3. The molecule has 11 nitrogen and oxygen atoms in total. The molecule has 10 rings (SSSR count). The number of nitriles is 2. The van der Waals surface area contributed by atoms with Gasteiger partial charge in [-0.05, 0) is 158 Å². The van der Waals surface area contributed by atoms with E-state index in [-0.39, 0.29) is 41.7 Å². The van der Waals surface area contributed by atoms with E-state index in [1.54, 1.807) is 24.3 Å². The van der Waals surface area contributed by atoms with Gasteiger partial charge in [-0.3, -0.25) is 9.80 Å². The van der Waals surface area contributed by atoms with Crippen molar-refractivity contribution in [1.82, 2.24) is 30.2 Å². The van der Waals surface area contributed by atoms with Crippen molar-refractivity contribution in [2.24, 2.45) is 11.8 Å². The summed E-state index contributed by atoms with van der Waals surface area (Å²) in [6, 6.07) is 43.0. The molecule has 0 saturated carbocycles. The van der Waals surface area contributed by atoms with E-state index in [4.69, 9.17) is 37.8 Å². The summed E-state index contributed by atoms with van der Waals surface area (Å²) in [5.74, 6) is -2.05. The molecule has 6 aromatic carbocycles. The van der Waals surface area contributed by atoms with Gasteiger partial charge in [-0.15, -0.1) is 15.3 Å². The number of nitrogens with two attached hydrogens (primary N) is 1. The topological polar surface area (TPSA) is 158 Å². The molecule has 2 aliphatic heterocycles. The Bertz CT molecular complexity index is 3360. The maximum Gasteiger partial charge on any atom is 0.313 e. The number of alkyl halides is 2. The normalized spacial score (nSPS) is 16.1. The van der Waals surface area contributed by atoms with E-state index in [9.17, 15) is 19.3 Å². The number of aromatic nitrogens is 4. The number of nitrogen functional groups attached to an aromatic ring is 1. The van der Waals surface area contributed by atoms with Crippen LogP contribution in [0.4, 0.5) is 23.6 Å². The van der Waals surface area contributed by atoms with Gasteiger partial charge in [0.2, 0.25) is 18.2 Å². The largest absolute Gasteiger partial charge is 0.423 e. The summed E-state index contributed by atoms with van der Waals surface area (Å²) in [5.41, 5.74) is 9.26. The quantitative estimate of drug-likeness (QED) is 0.103. The Labute approximate surface area is 442 Å². The fraction of sp³-hybridized carbons (Fsp3) is 0.276. The number of anilines is 1. The molecule has 0 bridgehead atoms. The van der Waals surface area contributed by atoms with Crippen LogP contribution in [0.3, 0.4) is 0 Å². The molecule has 17 heteroatoms. The van der Waals surface area contributed by atoms with E-state index in [0.717, 1.165) is 22.3 Å². The van der Waals surface area contributed by atoms with Crippen LogP contribution in [0.5, 0.6) is 0 Å². The highest BCUT2D eigenvalue weighted by Gasteiger charge is 2.47. The van der Waals surface area contributed by atoms with Crippen LogP contribution >= 0.6 is 23.2 Å². The van der Waals surface area contributed by atoms with E-state index >= 15 is 8.78 Å². The van der Waals surface area contributed by atoms with Crippen molar-refractivity contribution in [1.29, 1.82) is 10.5 Å². The van der Waals surface area contributed by atoms with Gasteiger partial charge in [-0.25, -0.2) is 17.6 Å². The first-order chi connectivity index (χ1) is 35.8. The average Bonchev–Trinajstić information content (AvgIpc) is 4.06. The molecule has 382 valence electrons. The molecule has 0 amide bonds. The Morgan fingerprint density at radius 2 is 1.01 bits per heavy atom. The Balaban J connectivity index is 0.000000184. The van der Waals surface area contributed by atoms with Crippen LogP contribution in [0.2, 0.25) is 10.0 Å². The molecule has 0 unspecified atom stereocenters. The van der Waals surface area contributed by atoms with Crippen molar-refractivity contribution in [3.8, 4) is 35.0 Å². The van der Waals surface area contributed by atoms with Crippen LogP contribution < -0.4 is 5.73 Å². The summed E-state index contributed by atoms with van der Waals surface area (Å²) in [7, 11) is 0. The summed E-state index contributed by atoms with van der Waals surface area (Å²) in [5, 5.41) is 35.2. The lowest BCUT2D eigenvalue weighted by Gasteiger charge is -2.50. The number of benzene rings is 6. The van der Waals surface area contributed by atoms with Crippen molar-refractivity contribution >= 4 is 29.2 Å². The lowest BCUT2D eigenvalue weighted by Crippen LogP contribution is -2.53. The Morgan fingerprint density at radius 1 is 0.573 bits per heavy atom. The number of nitrogens with zero attached hydrogens (tertiary/aromatic N) is 8. The Kier molecular flexibility index (Phi) is 15.3. The van der Waals surface area contributed by atoms with Gasteiger partial charge in [-0.1, -0.05) is 76.8 Å². The first-order valence-corrected chi connectivity index (χ1v) is 24.9. The molecule has 2 saturated heterocycles. The lowest BCUT2D eigenvalue weighted by molar-refractivity contribution is 0.00798. The molecule has 2 fully saturated rings. The van der Waals surface area contributed by atoms with Gasteiger partial charge < -0.3 is 14.6 Å². The summed E-state index contributed by atoms with van der Waals surface area (Å²) in [6.07, 6.45) is 1.18. The van der Waals surface area contributed by atoms with Gasteiger partial charge in [0.15, 0.2) is 0 Å². The molecule has 2 N–H and O–H groups in total. The molecule has 0 aliphatic carbocycles. The van der Waals surface area contributed by atoms with Gasteiger partial charge in [0.1, 0.15) is 23.0 Å². The third kappa shape index (κ3) is 11.9. The summed E-state index contributed by atoms with van der Waals surface area (Å²) >= 11 is 12.3. The molecule has 0 spiro atoms. The van der Waals surface area contributed by atoms with Gasteiger partial charge in [-0.2, -0.15) is 10.5 Å². The fourth-order valence-electron chi connectivity index (χ4n) is 11.0. The summed E-state index contributed by atoms with van der Waals surface area (Å²) in [6.45, 7) is 8.42. The monoisotopic (exact) mass is 1050 g/mol. The van der Waals surface area contributed by atoms with Crippen LogP contribution in [0.1, 0.15) is 96.1 Å². The van der Waals surface area contributed by atoms with Crippen molar-refractivity contribution in [2.45, 2.75) is 63.0 Å². The third-order valence-corrected chi connectivity index (χ3v) is 14.4. The van der Waals surface area contributed by atoms with Crippen molar-refractivity contribution in [3.63, 3.8) is 0 Å². The molecular weight excluding hydrogens is 1000 g/mol. The molecule has 8 aromatic rings. The van der Waals surface area contributed by atoms with Crippen molar-refractivity contribution in [3.05, 3.63) is 206 Å². The van der Waals surface area contributed by atoms with Crippen LogP contribution in [-0.2, 0) is 0 Å². The van der Waals surface area contributed by atoms with Gasteiger partial charge >= 0.3 is 6.01 Å². The van der Waals surface area contributed by atoms with Gasteiger partial charge in [0, 0.05) is 59.2 Å². The molecule has 4 heterocycles. The minimum Gasteiger partial charge on any atom is -0.423 e. The standard InChI is InChI=1S/C29H26ClF2N5O.C29H25ClF2N4O/c1-29(2,32)25(20-11-21(13-24(31)12-20)27-35-36-28(34)38-27)22-15-37(16-22)26(18-6-8-23(30)9-7-18)19-5-3-4-17(10-19)14-33;1-29(2,32)26(21-11-22(13-25(31)12-21)28-35-34-17-37-28)23-15-36(16-23)27(19-6-8-24(30)9-7-19)20-5-3-4-18(10-20)14-33/h3-13,22,25-26H,15-16H2,1-2H3,(H2,34,36);3-13,17,23,26-27H,15-16H2,1-2H3/t25-,26+;26-,27+/m11/s1. The number of rotatable bonds is 14. The zero-order valence-corrected chi connectivity index (χ0v) is 42.8. The Hall–Kier alpha value is -7.40. The highest BCUT2D eigenvalue weighted by molar-refractivity contribution is 6.30. The smallest absolute Gasteiger partial charge is 0.313 e. The maximum absolute atomic E-state index is 15.7. The van der Waals surface area contributed by atoms with E-state index in [1.165, 1.54) is 58.4 Å². The fourth-order valence-corrected chi connectivity index (χ4v) is 11.2. The second kappa shape index (κ2) is 21.8. The van der Waals surface area contributed by atoms with Gasteiger partial charge in [0.25, 0.3) is 0 Å². The molecule has 4 atom stereocenters. The summed E-state index contributed by atoms with van der Waals surface area (Å²) in [4.78, 5) is 4.49. The zero-order chi connectivity index (χ0) is 53.2. The van der Waals surface area contributed by atoms with Crippen LogP contribution in [-0.4, -0.2) is 67.7 Å². The average molecular weight is 1050 g/mol. The SMILES string of the molecule is CC(C)(F)[C@H](c1cc(F)cc(-c2nnc(N)o2)c1)C1CN([C@@H](c2ccc(Cl)cc2)c2cccc(C#N)c2)C1.CC(C)(F)[C@H](c1cc(F)cc(-c2nnco2)c1)C1CN([C@@H](c2ccc(Cl)cc2)c2cccc(C#N)c2)C1. The molecule has 2 aliphatic rings. The van der Waals surface area contributed by atoms with Crippen molar-refractivity contribution in [2.75, 3.05) is 31.9 Å². The first-order valence-electron chi connectivity index (χ1n) is 24.2. The Morgan fingerprint density at radius 3 is 1.39 bits per heavy atom. The number of likely N-dealkylation sites (tertiary alicyclic amines) is 2. The zero-order valence-electron chi connectivity index (χ0n) is 41.3. The van der Waals surface area contributed by atoms with Crippen LogP contribution in [0.25, 0.3) is 22.9 Å². The van der Waals surface area contributed by atoms with E-state index in [0.29, 0.717) is 69.6 Å².